The van der Waals surface area contributed by atoms with Crippen LogP contribution in [0.15, 0.2) is 30.5 Å². The first-order valence-electron chi connectivity index (χ1n) is 13.8. The van der Waals surface area contributed by atoms with Gasteiger partial charge < -0.3 is 20.1 Å². The SMILES string of the molecule is N#CC1(CNc2cccc(-c3cc(CC4CCC(NC[C@H]5CCCO5)CC4)ncc3Cl)n2)CCOCC1. The Morgan fingerprint density at radius 2 is 1.95 bits per heavy atom. The van der Waals surface area contributed by atoms with Crippen LogP contribution in [0.3, 0.4) is 0 Å². The van der Waals surface area contributed by atoms with Gasteiger partial charge in [-0.05, 0) is 81.9 Å². The molecule has 37 heavy (non-hydrogen) atoms. The Kier molecular flexibility index (Phi) is 8.93. The van der Waals surface area contributed by atoms with Crippen LogP contribution in [-0.4, -0.2) is 55.0 Å². The van der Waals surface area contributed by atoms with E-state index in [1.54, 1.807) is 6.20 Å². The zero-order chi connectivity index (χ0) is 25.5. The van der Waals surface area contributed by atoms with Gasteiger partial charge >= 0.3 is 0 Å². The number of ether oxygens (including phenoxy) is 2. The number of nitriles is 1. The smallest absolute Gasteiger partial charge is 0.126 e. The van der Waals surface area contributed by atoms with Gasteiger partial charge in [0.1, 0.15) is 5.82 Å². The number of hydrogen-bond acceptors (Lipinski definition) is 7. The van der Waals surface area contributed by atoms with E-state index in [0.717, 1.165) is 55.2 Å². The summed E-state index contributed by atoms with van der Waals surface area (Å²) in [7, 11) is 0. The van der Waals surface area contributed by atoms with Crippen molar-refractivity contribution in [1.82, 2.24) is 15.3 Å². The van der Waals surface area contributed by atoms with Crippen molar-refractivity contribution in [3.8, 4) is 17.3 Å². The number of hydrogen-bond donors (Lipinski definition) is 2. The second-order valence-electron chi connectivity index (χ2n) is 10.9. The standard InChI is InChI=1S/C29H38ClN5O2/c30-26-18-33-23(15-21-6-8-22(9-7-21)32-17-24-3-2-12-37-24)16-25(26)27-4-1-5-28(35-27)34-20-29(19-31)10-13-36-14-11-29/h1,4-5,16,18,21-22,24,32H,2-3,6-15,17,20H2,(H,34,35)/t21?,22?,24-/m1/s1. The van der Waals surface area contributed by atoms with Gasteiger partial charge in [-0.25, -0.2) is 4.98 Å². The maximum atomic E-state index is 9.74. The van der Waals surface area contributed by atoms with E-state index in [0.29, 0.717) is 42.8 Å². The lowest BCUT2D eigenvalue weighted by Crippen LogP contribution is -2.38. The number of aromatic nitrogens is 2. The van der Waals surface area contributed by atoms with Crippen molar-refractivity contribution in [3.05, 3.63) is 41.2 Å². The Bertz CT molecular complexity index is 1070. The lowest BCUT2D eigenvalue weighted by Gasteiger charge is -2.30. The maximum absolute atomic E-state index is 9.74. The van der Waals surface area contributed by atoms with Crippen LogP contribution in [0.25, 0.3) is 11.3 Å². The van der Waals surface area contributed by atoms with Crippen molar-refractivity contribution in [1.29, 1.82) is 5.26 Å². The van der Waals surface area contributed by atoms with Gasteiger partial charge in [-0.2, -0.15) is 5.26 Å². The van der Waals surface area contributed by atoms with Crippen molar-refractivity contribution in [2.75, 3.05) is 38.2 Å². The molecular formula is C29H38ClN5O2. The van der Waals surface area contributed by atoms with E-state index in [4.69, 9.17) is 26.1 Å². The maximum Gasteiger partial charge on any atom is 0.126 e. The van der Waals surface area contributed by atoms with Crippen LogP contribution in [0, 0.1) is 22.7 Å². The van der Waals surface area contributed by atoms with Crippen LogP contribution in [0.4, 0.5) is 5.82 Å². The fourth-order valence-electron chi connectivity index (χ4n) is 5.79. The topological polar surface area (TPSA) is 92.1 Å². The number of pyridine rings is 2. The molecule has 0 amide bonds. The van der Waals surface area contributed by atoms with Gasteiger partial charge in [0.2, 0.25) is 0 Å². The molecule has 198 valence electrons. The molecule has 2 aliphatic heterocycles. The summed E-state index contributed by atoms with van der Waals surface area (Å²) in [4.78, 5) is 9.47. The van der Waals surface area contributed by atoms with E-state index in [1.807, 2.05) is 18.2 Å². The molecule has 2 aromatic heterocycles. The quantitative estimate of drug-likeness (QED) is 0.454. The van der Waals surface area contributed by atoms with E-state index >= 15 is 0 Å². The molecule has 1 atom stereocenters. The average molecular weight is 524 g/mol. The third-order valence-electron chi connectivity index (χ3n) is 8.23. The first-order chi connectivity index (χ1) is 18.1. The predicted octanol–water partition coefficient (Wildman–Crippen LogP) is 5.40. The molecule has 5 rings (SSSR count). The monoisotopic (exact) mass is 523 g/mol. The summed E-state index contributed by atoms with van der Waals surface area (Å²) in [6.07, 6.45) is 11.9. The molecule has 0 aromatic carbocycles. The average Bonchev–Trinajstić information content (AvgIpc) is 3.47. The summed E-state index contributed by atoms with van der Waals surface area (Å²) >= 11 is 6.58. The fourth-order valence-corrected chi connectivity index (χ4v) is 5.99. The summed E-state index contributed by atoms with van der Waals surface area (Å²) in [5.41, 5.74) is 2.39. The molecule has 3 fully saturated rings. The summed E-state index contributed by atoms with van der Waals surface area (Å²) in [5.74, 6) is 1.40. The summed E-state index contributed by atoms with van der Waals surface area (Å²) in [6, 6.07) is 11.1. The Labute approximate surface area is 225 Å². The van der Waals surface area contributed by atoms with Crippen molar-refractivity contribution in [2.24, 2.45) is 11.3 Å². The van der Waals surface area contributed by atoms with Crippen LogP contribution in [0.5, 0.6) is 0 Å². The van der Waals surface area contributed by atoms with Crippen molar-refractivity contribution in [2.45, 2.75) is 69.9 Å². The Hall–Kier alpha value is -2.24. The number of halogens is 1. The minimum Gasteiger partial charge on any atom is -0.381 e. The highest BCUT2D eigenvalue weighted by Gasteiger charge is 2.32. The van der Waals surface area contributed by atoms with Crippen molar-refractivity contribution < 1.29 is 9.47 Å². The van der Waals surface area contributed by atoms with Gasteiger partial charge in [-0.1, -0.05) is 17.7 Å². The highest BCUT2D eigenvalue weighted by Crippen LogP contribution is 2.32. The normalized spacial score (nSPS) is 25.5. The molecule has 0 spiro atoms. The van der Waals surface area contributed by atoms with E-state index < -0.39 is 5.41 Å². The van der Waals surface area contributed by atoms with Crippen molar-refractivity contribution in [3.63, 3.8) is 0 Å². The third kappa shape index (κ3) is 7.00. The first-order valence-corrected chi connectivity index (χ1v) is 14.2. The van der Waals surface area contributed by atoms with Gasteiger partial charge in [-0.3, -0.25) is 4.98 Å². The minimum absolute atomic E-state index is 0.407. The summed E-state index contributed by atoms with van der Waals surface area (Å²) in [6.45, 7) is 3.73. The van der Waals surface area contributed by atoms with Crippen LogP contribution >= 0.6 is 11.6 Å². The largest absolute Gasteiger partial charge is 0.381 e. The number of nitrogens with zero attached hydrogens (tertiary/aromatic N) is 3. The van der Waals surface area contributed by atoms with Gasteiger partial charge in [0, 0.05) is 56.4 Å². The van der Waals surface area contributed by atoms with E-state index in [9.17, 15) is 5.26 Å². The zero-order valence-electron chi connectivity index (χ0n) is 21.6. The first kappa shape index (κ1) is 26.4. The third-order valence-corrected chi connectivity index (χ3v) is 8.54. The highest BCUT2D eigenvalue weighted by atomic mass is 35.5. The lowest BCUT2D eigenvalue weighted by molar-refractivity contribution is 0.0455. The molecular weight excluding hydrogens is 486 g/mol. The van der Waals surface area contributed by atoms with E-state index in [1.165, 1.54) is 38.5 Å². The molecule has 1 aliphatic carbocycles. The molecule has 2 saturated heterocycles. The minimum atomic E-state index is -0.407. The molecule has 4 heterocycles. The van der Waals surface area contributed by atoms with Gasteiger partial charge in [0.25, 0.3) is 0 Å². The molecule has 0 radical (unpaired) electrons. The molecule has 7 nitrogen and oxygen atoms in total. The van der Waals surface area contributed by atoms with Crippen LogP contribution in [-0.2, 0) is 15.9 Å². The Morgan fingerprint density at radius 3 is 2.70 bits per heavy atom. The molecule has 8 heteroatoms. The molecule has 2 aromatic rings. The molecule has 0 bridgehead atoms. The molecule has 1 saturated carbocycles. The van der Waals surface area contributed by atoms with Gasteiger partial charge in [-0.15, -0.1) is 0 Å². The molecule has 3 aliphatic rings. The van der Waals surface area contributed by atoms with Crippen LogP contribution < -0.4 is 10.6 Å². The second-order valence-corrected chi connectivity index (χ2v) is 11.3. The Balaban J connectivity index is 1.17. The second kappa shape index (κ2) is 12.5. The summed E-state index contributed by atoms with van der Waals surface area (Å²) < 4.78 is 11.2. The molecule has 2 N–H and O–H groups in total. The van der Waals surface area contributed by atoms with E-state index in [2.05, 4.69) is 27.8 Å². The highest BCUT2D eigenvalue weighted by molar-refractivity contribution is 6.33. The fraction of sp³-hybridized carbons (Fsp3) is 0.621. The zero-order valence-corrected chi connectivity index (χ0v) is 22.3. The van der Waals surface area contributed by atoms with Gasteiger partial charge in [0.05, 0.1) is 28.3 Å². The molecule has 0 unspecified atom stereocenters. The van der Waals surface area contributed by atoms with Gasteiger partial charge in [0.15, 0.2) is 0 Å². The Morgan fingerprint density at radius 1 is 1.11 bits per heavy atom. The number of rotatable bonds is 9. The van der Waals surface area contributed by atoms with Crippen LogP contribution in [0.1, 0.15) is 57.1 Å². The summed E-state index contributed by atoms with van der Waals surface area (Å²) in [5, 5.41) is 17.5. The lowest BCUT2D eigenvalue weighted by atomic mass is 9.82. The predicted molar refractivity (Wildman–Crippen MR) is 145 cm³/mol. The van der Waals surface area contributed by atoms with E-state index in [-0.39, 0.29) is 0 Å². The number of nitrogens with one attached hydrogen (secondary N) is 2. The van der Waals surface area contributed by atoms with Crippen LogP contribution in [0.2, 0.25) is 5.02 Å². The number of anilines is 1. The van der Waals surface area contributed by atoms with Crippen molar-refractivity contribution >= 4 is 17.4 Å².